The number of nitrogens with zero attached hydrogens (tertiary/aromatic N) is 1. The second-order valence-electron chi connectivity index (χ2n) is 4.79. The first-order valence-corrected chi connectivity index (χ1v) is 7.93. The van der Waals surface area contributed by atoms with Gasteiger partial charge in [-0.15, -0.1) is 0 Å². The van der Waals surface area contributed by atoms with Crippen molar-refractivity contribution in [3.8, 4) is 5.75 Å². The van der Waals surface area contributed by atoms with Gasteiger partial charge in [0.25, 0.3) is 5.91 Å². The Hall–Kier alpha value is -2.38. The summed E-state index contributed by atoms with van der Waals surface area (Å²) in [5, 5.41) is 16.7. The Morgan fingerprint density at radius 3 is 2.75 bits per heavy atom. The fourth-order valence-electron chi connectivity index (χ4n) is 1.85. The molecule has 0 atom stereocenters. The van der Waals surface area contributed by atoms with Crippen LogP contribution >= 0.6 is 27.5 Å². The molecule has 0 radical (unpaired) electrons. The number of phenols is 1. The number of carbonyl (C=O) groups excluding carboxylic acids is 2. The number of hydrazone groups is 1. The summed E-state index contributed by atoms with van der Waals surface area (Å²) < 4.78 is 0.422. The normalized spacial score (nSPS) is 10.6. The van der Waals surface area contributed by atoms with Crippen molar-refractivity contribution in [2.24, 2.45) is 5.10 Å². The van der Waals surface area contributed by atoms with Crippen LogP contribution in [-0.4, -0.2) is 23.1 Å². The maximum atomic E-state index is 12.1. The van der Waals surface area contributed by atoms with E-state index in [-0.39, 0.29) is 11.7 Å². The maximum absolute atomic E-state index is 12.1. The lowest BCUT2D eigenvalue weighted by Gasteiger charge is -2.05. The summed E-state index contributed by atoms with van der Waals surface area (Å²) in [6.45, 7) is 1.38. The van der Waals surface area contributed by atoms with E-state index in [4.69, 9.17) is 11.6 Å². The summed E-state index contributed by atoms with van der Waals surface area (Å²) in [5.74, 6) is -0.725. The van der Waals surface area contributed by atoms with Crippen molar-refractivity contribution < 1.29 is 14.7 Å². The third-order valence-electron chi connectivity index (χ3n) is 2.87. The van der Waals surface area contributed by atoms with Crippen LogP contribution in [0, 0.1) is 0 Å². The SMILES string of the molecule is CC(=O)Nc1cccc(C(=O)N/N=C/c2cc(Cl)cc(Br)c2O)c1. The van der Waals surface area contributed by atoms with Crippen molar-refractivity contribution in [2.45, 2.75) is 6.92 Å². The molecule has 0 aliphatic carbocycles. The lowest BCUT2D eigenvalue weighted by Crippen LogP contribution is -2.18. The monoisotopic (exact) mass is 409 g/mol. The Morgan fingerprint density at radius 2 is 2.04 bits per heavy atom. The molecule has 0 heterocycles. The molecule has 2 rings (SSSR count). The van der Waals surface area contributed by atoms with Crippen molar-refractivity contribution in [3.63, 3.8) is 0 Å². The smallest absolute Gasteiger partial charge is 0.271 e. The molecule has 6 nitrogen and oxygen atoms in total. The average molecular weight is 411 g/mol. The van der Waals surface area contributed by atoms with Crippen LogP contribution in [0.25, 0.3) is 0 Å². The van der Waals surface area contributed by atoms with Crippen molar-refractivity contribution in [1.82, 2.24) is 5.43 Å². The van der Waals surface area contributed by atoms with Crippen LogP contribution in [-0.2, 0) is 4.79 Å². The van der Waals surface area contributed by atoms with E-state index in [9.17, 15) is 14.7 Å². The minimum absolute atomic E-state index is 0.0370. The number of nitrogens with one attached hydrogen (secondary N) is 2. The number of aromatic hydroxyl groups is 1. The van der Waals surface area contributed by atoms with E-state index in [1.807, 2.05) is 0 Å². The van der Waals surface area contributed by atoms with Gasteiger partial charge < -0.3 is 10.4 Å². The van der Waals surface area contributed by atoms with Gasteiger partial charge in [0.15, 0.2) is 0 Å². The number of benzene rings is 2. The zero-order valence-corrected chi connectivity index (χ0v) is 14.9. The summed E-state index contributed by atoms with van der Waals surface area (Å²) >= 11 is 9.06. The minimum Gasteiger partial charge on any atom is -0.506 e. The topological polar surface area (TPSA) is 90.8 Å². The highest BCUT2D eigenvalue weighted by Gasteiger charge is 2.07. The largest absolute Gasteiger partial charge is 0.506 e. The lowest BCUT2D eigenvalue weighted by molar-refractivity contribution is -0.114. The Morgan fingerprint density at radius 1 is 1.29 bits per heavy atom. The van der Waals surface area contributed by atoms with Crippen LogP contribution in [0.4, 0.5) is 5.69 Å². The number of hydrogen-bond donors (Lipinski definition) is 3. The highest BCUT2D eigenvalue weighted by molar-refractivity contribution is 9.10. The molecule has 0 saturated carbocycles. The van der Waals surface area contributed by atoms with E-state index >= 15 is 0 Å². The second kappa shape index (κ2) is 7.94. The third-order valence-corrected chi connectivity index (χ3v) is 3.70. The van der Waals surface area contributed by atoms with E-state index in [1.54, 1.807) is 24.3 Å². The van der Waals surface area contributed by atoms with E-state index in [0.29, 0.717) is 26.3 Å². The van der Waals surface area contributed by atoms with Gasteiger partial charge in [-0.3, -0.25) is 9.59 Å². The number of halogens is 2. The molecule has 0 fully saturated rings. The number of anilines is 1. The summed E-state index contributed by atoms with van der Waals surface area (Å²) in [4.78, 5) is 23.1. The van der Waals surface area contributed by atoms with Gasteiger partial charge in [0.05, 0.1) is 10.7 Å². The predicted molar refractivity (Wildman–Crippen MR) is 96.6 cm³/mol. The molecular weight excluding hydrogens is 398 g/mol. The zero-order chi connectivity index (χ0) is 17.7. The molecular formula is C16H13BrClN3O3. The lowest BCUT2D eigenvalue weighted by atomic mass is 10.2. The second-order valence-corrected chi connectivity index (χ2v) is 6.08. The summed E-state index contributed by atoms with van der Waals surface area (Å²) in [7, 11) is 0. The molecule has 2 amide bonds. The van der Waals surface area contributed by atoms with Crippen molar-refractivity contribution >= 4 is 51.2 Å². The molecule has 0 aromatic heterocycles. The molecule has 124 valence electrons. The van der Waals surface area contributed by atoms with Crippen LogP contribution in [0.2, 0.25) is 5.02 Å². The molecule has 2 aromatic rings. The predicted octanol–water partition coefficient (Wildman–Crippen LogP) is 3.53. The molecule has 24 heavy (non-hydrogen) atoms. The van der Waals surface area contributed by atoms with Crippen LogP contribution in [0.1, 0.15) is 22.8 Å². The quantitative estimate of drug-likeness (QED) is 0.532. The first-order chi connectivity index (χ1) is 11.4. The fourth-order valence-corrected chi connectivity index (χ4v) is 2.68. The molecule has 0 aliphatic rings. The number of carbonyl (C=O) groups is 2. The van der Waals surface area contributed by atoms with Gasteiger partial charge in [-0.25, -0.2) is 5.43 Å². The summed E-state index contributed by atoms with van der Waals surface area (Å²) in [5.41, 5.74) is 3.53. The number of hydrogen-bond acceptors (Lipinski definition) is 4. The van der Waals surface area contributed by atoms with Crippen molar-refractivity contribution in [1.29, 1.82) is 0 Å². The molecule has 0 aliphatic heterocycles. The fraction of sp³-hybridized carbons (Fsp3) is 0.0625. The molecule has 0 unspecified atom stereocenters. The molecule has 3 N–H and O–H groups in total. The van der Waals surface area contributed by atoms with Gasteiger partial charge in [-0.1, -0.05) is 17.7 Å². The van der Waals surface area contributed by atoms with Gasteiger partial charge in [-0.2, -0.15) is 5.10 Å². The first-order valence-electron chi connectivity index (χ1n) is 6.76. The van der Waals surface area contributed by atoms with Crippen molar-refractivity contribution in [3.05, 3.63) is 57.0 Å². The van der Waals surface area contributed by atoms with Crippen LogP contribution in [0.5, 0.6) is 5.75 Å². The maximum Gasteiger partial charge on any atom is 0.271 e. The summed E-state index contributed by atoms with van der Waals surface area (Å²) in [6.07, 6.45) is 1.28. The van der Waals surface area contributed by atoms with Gasteiger partial charge in [0, 0.05) is 28.8 Å². The van der Waals surface area contributed by atoms with Gasteiger partial charge in [0.1, 0.15) is 5.75 Å². The van der Waals surface area contributed by atoms with Crippen LogP contribution in [0.15, 0.2) is 46.0 Å². The van der Waals surface area contributed by atoms with E-state index in [2.05, 4.69) is 31.8 Å². The molecule has 2 aromatic carbocycles. The Balaban J connectivity index is 2.09. The van der Waals surface area contributed by atoms with Gasteiger partial charge >= 0.3 is 0 Å². The summed E-state index contributed by atoms with van der Waals surface area (Å²) in [6, 6.07) is 9.48. The Bertz CT molecular complexity index is 824. The number of amides is 2. The zero-order valence-electron chi connectivity index (χ0n) is 12.5. The highest BCUT2D eigenvalue weighted by Crippen LogP contribution is 2.30. The minimum atomic E-state index is -0.459. The highest BCUT2D eigenvalue weighted by atomic mass is 79.9. The number of rotatable bonds is 4. The molecule has 0 spiro atoms. The Labute approximate surface area is 151 Å². The van der Waals surface area contributed by atoms with Gasteiger partial charge in [-0.05, 0) is 46.3 Å². The average Bonchev–Trinajstić information content (AvgIpc) is 2.51. The van der Waals surface area contributed by atoms with E-state index in [1.165, 1.54) is 25.3 Å². The molecule has 0 saturated heterocycles. The number of phenolic OH excluding ortho intramolecular Hbond substituents is 1. The standard InChI is InChI=1S/C16H13BrClN3O3/c1-9(22)20-13-4-2-3-10(6-13)16(24)21-19-8-11-5-12(18)7-14(17)15(11)23/h2-8,23H,1H3,(H,20,22)(H,21,24)/b19-8+. The van der Waals surface area contributed by atoms with Crippen LogP contribution < -0.4 is 10.7 Å². The molecule has 0 bridgehead atoms. The van der Waals surface area contributed by atoms with E-state index in [0.717, 1.165) is 0 Å². The first kappa shape index (κ1) is 18.0. The van der Waals surface area contributed by atoms with Crippen LogP contribution in [0.3, 0.4) is 0 Å². The van der Waals surface area contributed by atoms with Crippen molar-refractivity contribution in [2.75, 3.05) is 5.32 Å². The van der Waals surface area contributed by atoms with Gasteiger partial charge in [0.2, 0.25) is 5.91 Å². The Kier molecular flexibility index (Phi) is 5.94. The van der Waals surface area contributed by atoms with E-state index < -0.39 is 5.91 Å². The third kappa shape index (κ3) is 4.81. The molecule has 8 heteroatoms.